The van der Waals surface area contributed by atoms with Crippen LogP contribution in [-0.2, 0) is 0 Å². The minimum absolute atomic E-state index is 0. The van der Waals surface area contributed by atoms with Crippen molar-refractivity contribution in [3.63, 3.8) is 0 Å². The zero-order valence-corrected chi connectivity index (χ0v) is 18.6. The monoisotopic (exact) mass is 601 g/mol. The average molecular weight is 602 g/mol. The van der Waals surface area contributed by atoms with Crippen LogP contribution in [0.2, 0.25) is 0 Å². The van der Waals surface area contributed by atoms with Gasteiger partial charge in [-0.15, -0.1) is 0 Å². The zero-order valence-electron chi connectivity index (χ0n) is 17.9. The highest BCUT2D eigenvalue weighted by molar-refractivity contribution is 5.01. The number of hydrogen-bond donors (Lipinski definition) is 0. The summed E-state index contributed by atoms with van der Waals surface area (Å²) < 4.78 is 229. The topological polar surface area (TPSA) is 0 Å². The highest BCUT2D eigenvalue weighted by Crippen LogP contribution is 2.55. The molecule has 0 rings (SSSR count). The van der Waals surface area contributed by atoms with Gasteiger partial charge in [0.25, 0.3) is 0 Å². The van der Waals surface area contributed by atoms with Crippen LogP contribution in [0.3, 0.4) is 0 Å². The Morgan fingerprint density at radius 3 is 0.833 bits per heavy atom. The molecule has 0 N–H and O–H groups in total. The second-order valence-corrected chi connectivity index (χ2v) is 8.29. The summed E-state index contributed by atoms with van der Waals surface area (Å²) in [7, 11) is 1.86. The number of nitrogens with zero attached hydrogens (tertiary/aromatic N) is 1. The molecule has 0 aliphatic heterocycles. The van der Waals surface area contributed by atoms with Crippen LogP contribution >= 0.6 is 0 Å². The Hall–Kier alpha value is -1.01. The lowest BCUT2D eigenvalue weighted by molar-refractivity contribution is -0.891. The summed E-state index contributed by atoms with van der Waals surface area (Å²) in [5.74, 6) is -39.8. The third kappa shape index (κ3) is 7.09. The molecule has 0 saturated carbocycles. The molecular weight excluding hydrogens is 584 g/mol. The molecule has 0 aromatic heterocycles. The molecule has 0 bridgehead atoms. The second kappa shape index (κ2) is 10.6. The molecule has 0 aromatic carbocycles. The van der Waals surface area contributed by atoms with Gasteiger partial charge in [0, 0.05) is 25.7 Å². The maximum Gasteiger partial charge on any atom is 0.460 e. The fourth-order valence-corrected chi connectivity index (χ4v) is 2.70. The molecule has 0 aliphatic carbocycles. The van der Waals surface area contributed by atoms with Crippen molar-refractivity contribution in [3.05, 3.63) is 0 Å². The maximum atomic E-state index is 13.5. The van der Waals surface area contributed by atoms with E-state index >= 15 is 0 Å². The highest BCUT2D eigenvalue weighted by Gasteiger charge is 2.82. The smallest absolute Gasteiger partial charge is 0.460 e. The van der Waals surface area contributed by atoms with E-state index in [0.717, 1.165) is 14.1 Å². The molecule has 0 aromatic rings. The molecule has 0 saturated heterocycles. The quantitative estimate of drug-likeness (QED) is 0.227. The van der Waals surface area contributed by atoms with Gasteiger partial charge in [-0.25, -0.2) is 0 Å². The first kappa shape index (κ1) is 37.1. The molecule has 36 heavy (non-hydrogen) atoms. The minimum Gasteiger partial charge on any atom is -1.00 e. The van der Waals surface area contributed by atoms with Crippen molar-refractivity contribution in [1.82, 2.24) is 0 Å². The first-order chi connectivity index (χ1) is 14.9. The summed E-state index contributed by atoms with van der Waals surface area (Å²) in [5, 5.41) is 0. The molecule has 0 unspecified atom stereocenters. The van der Waals surface area contributed by atoms with Crippen LogP contribution in [0.5, 0.6) is 0 Å². The van der Waals surface area contributed by atoms with Gasteiger partial charge in [0.2, 0.25) is 0 Å². The van der Waals surface area contributed by atoms with Crippen molar-refractivity contribution in [3.8, 4) is 0 Å². The fourth-order valence-electron chi connectivity index (χ4n) is 2.70. The van der Waals surface area contributed by atoms with Gasteiger partial charge in [-0.3, -0.25) is 0 Å². The van der Waals surface area contributed by atoms with Crippen LogP contribution in [0.25, 0.3) is 0 Å². The van der Waals surface area contributed by atoms with Gasteiger partial charge in [0.15, 0.2) is 0 Å². The lowest BCUT2D eigenvalue weighted by Crippen LogP contribution is -3.00. The molecule has 0 spiro atoms. The standard InChI is InChI=1S/C16H18F18N.ClH/c1-35(2,7-3-5-9(17,18)11(21,22)13(25,26)15(29,30)31)8-4-6-10(19,20)12(23,24)14(27,28)16(32,33)34;/h3-8H2,1-2H3;1H/q+1;/p-1. The van der Waals surface area contributed by atoms with Gasteiger partial charge in [0.05, 0.1) is 27.2 Å². The SMILES string of the molecule is C[N+](C)(CCCC(F)(F)C(F)(F)C(F)(F)C(F)(F)F)CCCC(F)(F)C(F)(F)C(F)(F)C(F)(F)F.[Cl-]. The second-order valence-electron chi connectivity index (χ2n) is 8.29. The van der Waals surface area contributed by atoms with E-state index < -0.39 is 91.1 Å². The number of quaternary nitrogens is 1. The van der Waals surface area contributed by atoms with Crippen molar-refractivity contribution in [2.24, 2.45) is 0 Å². The lowest BCUT2D eigenvalue weighted by Gasteiger charge is -2.36. The van der Waals surface area contributed by atoms with Crippen molar-refractivity contribution in [1.29, 1.82) is 0 Å². The molecule has 0 fully saturated rings. The normalized spacial score (nSPS) is 15.7. The summed E-state index contributed by atoms with van der Waals surface area (Å²) in [5.41, 5.74) is 0. The van der Waals surface area contributed by atoms with E-state index in [1.807, 2.05) is 0 Å². The Morgan fingerprint density at radius 2 is 0.639 bits per heavy atom. The van der Waals surface area contributed by atoms with Crippen molar-refractivity contribution in [2.75, 3.05) is 27.2 Å². The summed E-state index contributed by atoms with van der Waals surface area (Å²) in [6, 6.07) is 0. The van der Waals surface area contributed by atoms with Crippen LogP contribution in [0, 0.1) is 0 Å². The summed E-state index contributed by atoms with van der Waals surface area (Å²) in [6.07, 6.45) is -21.1. The predicted molar refractivity (Wildman–Crippen MR) is 82.1 cm³/mol. The van der Waals surface area contributed by atoms with Gasteiger partial charge in [-0.2, -0.15) is 79.0 Å². The van der Waals surface area contributed by atoms with Crippen molar-refractivity contribution < 1.29 is 95.9 Å². The van der Waals surface area contributed by atoms with Gasteiger partial charge < -0.3 is 16.9 Å². The van der Waals surface area contributed by atoms with E-state index in [0.29, 0.717) is 0 Å². The predicted octanol–water partition coefficient (Wildman–Crippen LogP) is 4.56. The summed E-state index contributed by atoms with van der Waals surface area (Å²) in [6.45, 7) is -1.66. The summed E-state index contributed by atoms with van der Waals surface area (Å²) >= 11 is 0. The molecule has 0 atom stereocenters. The van der Waals surface area contributed by atoms with Crippen molar-refractivity contribution >= 4 is 0 Å². The van der Waals surface area contributed by atoms with E-state index in [9.17, 15) is 79.0 Å². The molecule has 0 aliphatic rings. The van der Waals surface area contributed by atoms with Gasteiger partial charge in [0.1, 0.15) is 0 Å². The van der Waals surface area contributed by atoms with E-state index in [2.05, 4.69) is 0 Å². The maximum absolute atomic E-state index is 13.5. The zero-order chi connectivity index (χ0) is 28.7. The van der Waals surface area contributed by atoms with Gasteiger partial charge >= 0.3 is 47.9 Å². The Morgan fingerprint density at radius 1 is 0.417 bits per heavy atom. The molecule has 20 heteroatoms. The molecule has 220 valence electrons. The molecule has 0 heterocycles. The first-order valence-electron chi connectivity index (χ1n) is 9.14. The highest BCUT2D eigenvalue weighted by atomic mass is 35.5. The largest absolute Gasteiger partial charge is 1.00 e. The van der Waals surface area contributed by atoms with Crippen LogP contribution in [0.15, 0.2) is 0 Å². The van der Waals surface area contributed by atoms with E-state index in [-0.39, 0.29) is 12.4 Å². The Kier molecular flexibility index (Phi) is 11.0. The molecule has 0 radical (unpaired) electrons. The number of halogens is 19. The van der Waals surface area contributed by atoms with Crippen molar-refractivity contribution in [2.45, 2.75) is 73.6 Å². The van der Waals surface area contributed by atoms with E-state index in [4.69, 9.17) is 0 Å². The minimum atomic E-state index is -7.12. The van der Waals surface area contributed by atoms with Crippen LogP contribution in [0.1, 0.15) is 25.7 Å². The van der Waals surface area contributed by atoms with E-state index in [1.54, 1.807) is 0 Å². The molecular formula is C16H18ClF18N. The Labute approximate surface area is 197 Å². The third-order valence-electron chi connectivity index (χ3n) is 4.93. The van der Waals surface area contributed by atoms with Gasteiger partial charge in [-0.1, -0.05) is 0 Å². The lowest BCUT2D eigenvalue weighted by atomic mass is 9.98. The van der Waals surface area contributed by atoms with E-state index in [1.165, 1.54) is 0 Å². The Bertz CT molecular complexity index is 651. The van der Waals surface area contributed by atoms with Crippen LogP contribution in [0.4, 0.5) is 79.0 Å². The number of rotatable bonds is 12. The first-order valence-corrected chi connectivity index (χ1v) is 9.14. The van der Waals surface area contributed by atoms with Crippen LogP contribution < -0.4 is 12.4 Å². The average Bonchev–Trinajstić information content (AvgIpc) is 2.58. The summed E-state index contributed by atoms with van der Waals surface area (Å²) in [4.78, 5) is 0. The molecule has 0 amide bonds. The Balaban J connectivity index is 0. The van der Waals surface area contributed by atoms with Crippen LogP contribution in [-0.4, -0.2) is 79.6 Å². The fraction of sp³-hybridized carbons (Fsp3) is 1.00. The number of hydrogen-bond acceptors (Lipinski definition) is 0. The number of alkyl halides is 18. The van der Waals surface area contributed by atoms with Gasteiger partial charge in [-0.05, 0) is 0 Å². The molecule has 1 nitrogen and oxygen atoms in total. The third-order valence-corrected chi connectivity index (χ3v) is 4.93.